The molecule has 0 fully saturated rings. The van der Waals surface area contributed by atoms with Gasteiger partial charge in [-0.15, -0.1) is 0 Å². The zero-order chi connectivity index (χ0) is 16.8. The number of nitrogens with one attached hydrogen (secondary N) is 1. The lowest BCUT2D eigenvalue weighted by Gasteiger charge is -2.07. The van der Waals surface area contributed by atoms with E-state index in [4.69, 9.17) is 16.3 Å². The van der Waals surface area contributed by atoms with Crippen molar-refractivity contribution in [2.45, 2.75) is 0 Å². The molecular formula is C14H10ClN3O5. The Balaban J connectivity index is 1.98. The fraction of sp³-hybridized carbons (Fsp3) is 0.0714. The average Bonchev–Trinajstić information content (AvgIpc) is 2.53. The summed E-state index contributed by atoms with van der Waals surface area (Å²) in [7, 11) is 0. The number of ether oxygens (including phenoxy) is 1. The van der Waals surface area contributed by atoms with Crippen LogP contribution in [0.2, 0.25) is 5.02 Å². The van der Waals surface area contributed by atoms with E-state index in [2.05, 4.69) is 10.3 Å². The lowest BCUT2D eigenvalue weighted by atomic mass is 10.2. The second-order valence-electron chi connectivity index (χ2n) is 4.26. The summed E-state index contributed by atoms with van der Waals surface area (Å²) in [6.07, 6.45) is 1.49. The van der Waals surface area contributed by atoms with E-state index in [0.717, 1.165) is 12.1 Å². The molecule has 0 bridgehead atoms. The molecule has 1 aromatic heterocycles. The second-order valence-corrected chi connectivity index (χ2v) is 4.67. The second kappa shape index (κ2) is 7.32. The summed E-state index contributed by atoms with van der Waals surface area (Å²) in [5.74, 6) is -1.23. The molecule has 0 aliphatic heterocycles. The molecule has 0 spiro atoms. The summed E-state index contributed by atoms with van der Waals surface area (Å²) in [6.45, 7) is -0.575. The Morgan fingerprint density at radius 2 is 2.09 bits per heavy atom. The largest absolute Gasteiger partial charge is 0.452 e. The first-order chi connectivity index (χ1) is 11.0. The predicted octanol–water partition coefficient (Wildman–Crippen LogP) is 2.44. The Morgan fingerprint density at radius 1 is 1.30 bits per heavy atom. The minimum Gasteiger partial charge on any atom is -0.452 e. The van der Waals surface area contributed by atoms with Crippen molar-refractivity contribution >= 4 is 35.0 Å². The minimum absolute atomic E-state index is 0.00858. The topological polar surface area (TPSA) is 111 Å². The Labute approximate surface area is 135 Å². The molecule has 0 unspecified atom stereocenters. The van der Waals surface area contributed by atoms with Gasteiger partial charge in [0.15, 0.2) is 6.61 Å². The van der Waals surface area contributed by atoms with Crippen LogP contribution in [0.3, 0.4) is 0 Å². The van der Waals surface area contributed by atoms with Gasteiger partial charge in [-0.25, -0.2) is 9.78 Å². The van der Waals surface area contributed by atoms with Crippen LogP contribution in [0.1, 0.15) is 10.4 Å². The van der Waals surface area contributed by atoms with Gasteiger partial charge < -0.3 is 10.1 Å². The van der Waals surface area contributed by atoms with E-state index >= 15 is 0 Å². The van der Waals surface area contributed by atoms with Crippen molar-refractivity contribution in [1.82, 2.24) is 4.98 Å². The number of nitro groups is 1. The summed E-state index contributed by atoms with van der Waals surface area (Å²) in [5.41, 5.74) is -0.495. The van der Waals surface area contributed by atoms with Crippen LogP contribution >= 0.6 is 11.6 Å². The number of carbonyl (C=O) groups is 2. The molecule has 23 heavy (non-hydrogen) atoms. The highest BCUT2D eigenvalue weighted by Crippen LogP contribution is 2.22. The highest BCUT2D eigenvalue weighted by molar-refractivity contribution is 6.33. The van der Waals surface area contributed by atoms with Gasteiger partial charge in [0.25, 0.3) is 11.6 Å². The van der Waals surface area contributed by atoms with Crippen LogP contribution < -0.4 is 5.32 Å². The highest BCUT2D eigenvalue weighted by atomic mass is 35.5. The van der Waals surface area contributed by atoms with E-state index in [1.165, 1.54) is 12.3 Å². The number of pyridine rings is 1. The van der Waals surface area contributed by atoms with Gasteiger partial charge in [0, 0.05) is 18.3 Å². The molecule has 1 aromatic carbocycles. The molecule has 8 nitrogen and oxygen atoms in total. The summed E-state index contributed by atoms with van der Waals surface area (Å²) >= 11 is 5.81. The van der Waals surface area contributed by atoms with E-state index < -0.39 is 23.4 Å². The fourth-order valence-electron chi connectivity index (χ4n) is 1.61. The standard InChI is InChI=1S/C14H10ClN3O5/c15-11-5-4-9(18(21)22)7-10(11)14(20)23-8-13(19)17-12-3-1-2-6-16-12/h1-7H,8H2,(H,16,17,19). The van der Waals surface area contributed by atoms with Crippen molar-refractivity contribution in [3.63, 3.8) is 0 Å². The van der Waals surface area contributed by atoms with E-state index in [9.17, 15) is 19.7 Å². The molecule has 0 aliphatic rings. The number of carbonyl (C=O) groups excluding carboxylic acids is 2. The number of amides is 1. The van der Waals surface area contributed by atoms with Gasteiger partial charge >= 0.3 is 5.97 Å². The van der Waals surface area contributed by atoms with Crippen molar-refractivity contribution < 1.29 is 19.2 Å². The Kier molecular flexibility index (Phi) is 5.21. The Morgan fingerprint density at radius 3 is 2.74 bits per heavy atom. The summed E-state index contributed by atoms with van der Waals surface area (Å²) < 4.78 is 4.79. The third-order valence-corrected chi connectivity index (χ3v) is 2.98. The maximum atomic E-state index is 11.9. The quantitative estimate of drug-likeness (QED) is 0.510. The molecule has 0 radical (unpaired) electrons. The maximum Gasteiger partial charge on any atom is 0.340 e. The normalized spacial score (nSPS) is 9.96. The van der Waals surface area contributed by atoms with Crippen molar-refractivity contribution in [3.05, 3.63) is 63.3 Å². The molecule has 0 aliphatic carbocycles. The fourth-order valence-corrected chi connectivity index (χ4v) is 1.80. The molecule has 1 heterocycles. The minimum atomic E-state index is -0.935. The van der Waals surface area contributed by atoms with Crippen LogP contribution in [0.15, 0.2) is 42.6 Å². The van der Waals surface area contributed by atoms with Crippen LogP contribution in [0.4, 0.5) is 11.5 Å². The van der Waals surface area contributed by atoms with E-state index in [-0.39, 0.29) is 16.3 Å². The molecule has 2 rings (SSSR count). The van der Waals surface area contributed by atoms with Gasteiger partial charge in [0.05, 0.1) is 15.5 Å². The Bertz CT molecular complexity index is 751. The summed E-state index contributed by atoms with van der Waals surface area (Å²) in [4.78, 5) is 37.4. The van der Waals surface area contributed by atoms with Gasteiger partial charge in [-0.1, -0.05) is 17.7 Å². The number of hydrogen-bond acceptors (Lipinski definition) is 6. The van der Waals surface area contributed by atoms with Crippen LogP contribution in [0.25, 0.3) is 0 Å². The number of nitro benzene ring substituents is 1. The smallest absolute Gasteiger partial charge is 0.340 e. The number of nitrogens with zero attached hydrogens (tertiary/aromatic N) is 2. The third kappa shape index (κ3) is 4.48. The number of halogens is 1. The van der Waals surface area contributed by atoms with Crippen LogP contribution in [0.5, 0.6) is 0 Å². The first-order valence-corrected chi connectivity index (χ1v) is 6.67. The Hall–Kier alpha value is -3.00. The number of aromatic nitrogens is 1. The first-order valence-electron chi connectivity index (χ1n) is 6.29. The van der Waals surface area contributed by atoms with E-state index in [1.807, 2.05) is 0 Å². The maximum absolute atomic E-state index is 11.9. The van der Waals surface area contributed by atoms with Crippen LogP contribution in [-0.4, -0.2) is 28.4 Å². The molecule has 9 heteroatoms. The summed E-state index contributed by atoms with van der Waals surface area (Å²) in [6, 6.07) is 8.28. The van der Waals surface area contributed by atoms with Crippen molar-refractivity contribution in [2.24, 2.45) is 0 Å². The number of esters is 1. The monoisotopic (exact) mass is 335 g/mol. The third-order valence-electron chi connectivity index (χ3n) is 2.65. The van der Waals surface area contributed by atoms with Crippen molar-refractivity contribution in [3.8, 4) is 0 Å². The van der Waals surface area contributed by atoms with Crippen molar-refractivity contribution in [2.75, 3.05) is 11.9 Å². The number of non-ortho nitro benzene ring substituents is 1. The van der Waals surface area contributed by atoms with E-state index in [1.54, 1.807) is 18.2 Å². The zero-order valence-electron chi connectivity index (χ0n) is 11.6. The van der Waals surface area contributed by atoms with Gasteiger partial charge in [-0.3, -0.25) is 14.9 Å². The number of benzene rings is 1. The summed E-state index contributed by atoms with van der Waals surface area (Å²) in [5, 5.41) is 13.1. The molecule has 2 aromatic rings. The van der Waals surface area contributed by atoms with Gasteiger partial charge in [-0.05, 0) is 18.2 Å². The predicted molar refractivity (Wildman–Crippen MR) is 81.3 cm³/mol. The van der Waals surface area contributed by atoms with Gasteiger partial charge in [0.1, 0.15) is 5.82 Å². The SMILES string of the molecule is O=C(COC(=O)c1cc([N+](=O)[O-])ccc1Cl)Nc1ccccn1. The van der Waals surface area contributed by atoms with Gasteiger partial charge in [0.2, 0.25) is 0 Å². The zero-order valence-corrected chi connectivity index (χ0v) is 12.3. The highest BCUT2D eigenvalue weighted by Gasteiger charge is 2.18. The first kappa shape index (κ1) is 16.4. The number of rotatable bonds is 5. The van der Waals surface area contributed by atoms with E-state index in [0.29, 0.717) is 5.82 Å². The average molecular weight is 336 g/mol. The lowest BCUT2D eigenvalue weighted by molar-refractivity contribution is -0.384. The molecule has 0 saturated carbocycles. The van der Waals surface area contributed by atoms with Crippen LogP contribution in [0, 0.1) is 10.1 Å². The molecule has 1 N–H and O–H groups in total. The molecule has 0 saturated heterocycles. The molecule has 118 valence electrons. The molecule has 1 amide bonds. The molecular weight excluding hydrogens is 326 g/mol. The lowest BCUT2D eigenvalue weighted by Crippen LogP contribution is -2.21. The van der Waals surface area contributed by atoms with Gasteiger partial charge in [-0.2, -0.15) is 0 Å². The number of hydrogen-bond donors (Lipinski definition) is 1. The van der Waals surface area contributed by atoms with Crippen molar-refractivity contribution in [1.29, 1.82) is 0 Å². The van der Waals surface area contributed by atoms with Crippen LogP contribution in [-0.2, 0) is 9.53 Å². The number of anilines is 1. The molecule has 0 atom stereocenters.